The number of benzene rings is 1. The lowest BCUT2D eigenvalue weighted by atomic mass is 10.1. The summed E-state index contributed by atoms with van der Waals surface area (Å²) >= 11 is 0. The van der Waals surface area contributed by atoms with Gasteiger partial charge in [0.05, 0.1) is 12.7 Å². The Labute approximate surface area is 118 Å². The second-order valence-corrected chi connectivity index (χ2v) is 5.53. The Kier molecular flexibility index (Phi) is 3.34. The largest absolute Gasteiger partial charge is 0.497 e. The molecule has 5 heteroatoms. The van der Waals surface area contributed by atoms with E-state index in [9.17, 15) is 0 Å². The van der Waals surface area contributed by atoms with Gasteiger partial charge in [-0.1, -0.05) is 12.1 Å². The molecule has 1 saturated carbocycles. The monoisotopic (exact) mass is 273 g/mol. The highest BCUT2D eigenvalue weighted by atomic mass is 16.5. The Hall–Kier alpha value is -2.04. The molecule has 2 unspecified atom stereocenters. The lowest BCUT2D eigenvalue weighted by molar-refractivity contribution is 0.412. The molecule has 1 fully saturated rings. The summed E-state index contributed by atoms with van der Waals surface area (Å²) in [5.74, 6) is 3.17. The number of hydrogen-bond donors (Lipinski definition) is 1. The van der Waals surface area contributed by atoms with E-state index in [0.717, 1.165) is 35.9 Å². The van der Waals surface area contributed by atoms with E-state index in [-0.39, 0.29) is 0 Å². The number of rotatable bonds is 3. The van der Waals surface area contributed by atoms with Crippen LogP contribution in [0.15, 0.2) is 22.7 Å². The maximum absolute atomic E-state index is 6.01. The van der Waals surface area contributed by atoms with Crippen molar-refractivity contribution >= 4 is 5.69 Å². The molecule has 0 aliphatic heterocycles. The van der Waals surface area contributed by atoms with Crippen molar-refractivity contribution in [1.29, 1.82) is 0 Å². The Morgan fingerprint density at radius 1 is 1.35 bits per heavy atom. The molecule has 0 spiro atoms. The first kappa shape index (κ1) is 13.0. The highest BCUT2D eigenvalue weighted by Crippen LogP contribution is 2.37. The molecule has 1 aliphatic rings. The number of nitrogens with two attached hydrogens (primary N) is 1. The quantitative estimate of drug-likeness (QED) is 0.869. The number of nitrogen functional groups attached to an aromatic ring is 1. The molecule has 2 N–H and O–H groups in total. The molecule has 0 radical (unpaired) electrons. The normalized spacial score (nSPS) is 22.1. The van der Waals surface area contributed by atoms with E-state index in [1.54, 1.807) is 13.2 Å². The number of hydrogen-bond acceptors (Lipinski definition) is 5. The van der Waals surface area contributed by atoms with Gasteiger partial charge in [0.15, 0.2) is 5.82 Å². The average Bonchev–Trinajstić information content (AvgIpc) is 3.07. The van der Waals surface area contributed by atoms with E-state index in [0.29, 0.717) is 17.5 Å². The Bertz CT molecular complexity index is 609. The molecule has 0 saturated heterocycles. The second kappa shape index (κ2) is 5.15. The predicted molar refractivity (Wildman–Crippen MR) is 76.5 cm³/mol. The van der Waals surface area contributed by atoms with E-state index in [4.69, 9.17) is 15.0 Å². The van der Waals surface area contributed by atoms with Gasteiger partial charge in [0.2, 0.25) is 0 Å². The summed E-state index contributed by atoms with van der Waals surface area (Å²) in [7, 11) is 1.61. The van der Waals surface area contributed by atoms with Gasteiger partial charge in [-0.2, -0.15) is 4.98 Å². The Morgan fingerprint density at radius 3 is 2.85 bits per heavy atom. The molecule has 1 aliphatic carbocycles. The van der Waals surface area contributed by atoms with Crippen LogP contribution in [0.25, 0.3) is 11.5 Å². The van der Waals surface area contributed by atoms with Crippen LogP contribution in [0.1, 0.15) is 37.9 Å². The van der Waals surface area contributed by atoms with Crippen molar-refractivity contribution in [3.63, 3.8) is 0 Å². The lowest BCUT2D eigenvalue weighted by Crippen LogP contribution is -1.96. The first-order valence-electron chi connectivity index (χ1n) is 6.95. The van der Waals surface area contributed by atoms with Gasteiger partial charge in [0.25, 0.3) is 5.89 Å². The van der Waals surface area contributed by atoms with Crippen LogP contribution in [-0.4, -0.2) is 17.3 Å². The summed E-state index contributed by atoms with van der Waals surface area (Å²) in [5, 5.41) is 4.12. The Morgan fingerprint density at radius 2 is 2.20 bits per heavy atom. The van der Waals surface area contributed by atoms with Crippen molar-refractivity contribution in [2.24, 2.45) is 5.92 Å². The third-order valence-electron chi connectivity index (χ3n) is 3.99. The minimum atomic E-state index is 0.418. The molecule has 20 heavy (non-hydrogen) atoms. The molecule has 1 aromatic carbocycles. The zero-order valence-electron chi connectivity index (χ0n) is 11.8. The lowest BCUT2D eigenvalue weighted by Gasteiger charge is -2.04. The third-order valence-corrected chi connectivity index (χ3v) is 3.99. The molecular formula is C15H19N3O2. The number of aromatic nitrogens is 2. The van der Waals surface area contributed by atoms with Crippen LogP contribution in [0.5, 0.6) is 5.75 Å². The molecule has 1 heterocycles. The van der Waals surface area contributed by atoms with E-state index in [1.807, 2.05) is 12.1 Å². The fourth-order valence-corrected chi connectivity index (χ4v) is 2.81. The van der Waals surface area contributed by atoms with Crippen molar-refractivity contribution in [2.45, 2.75) is 32.1 Å². The topological polar surface area (TPSA) is 74.2 Å². The Balaban J connectivity index is 1.86. The SMILES string of the molecule is COc1ccc(-c2nc(C3CCC(C)C3)no2)c(N)c1. The molecule has 106 valence electrons. The van der Waals surface area contributed by atoms with E-state index in [2.05, 4.69) is 17.1 Å². The maximum Gasteiger partial charge on any atom is 0.260 e. The molecule has 1 aromatic heterocycles. The van der Waals surface area contributed by atoms with Gasteiger partial charge in [-0.3, -0.25) is 0 Å². The van der Waals surface area contributed by atoms with Gasteiger partial charge >= 0.3 is 0 Å². The van der Waals surface area contributed by atoms with E-state index < -0.39 is 0 Å². The summed E-state index contributed by atoms with van der Waals surface area (Å²) in [6, 6.07) is 5.45. The highest BCUT2D eigenvalue weighted by molar-refractivity contribution is 5.71. The number of nitrogens with zero attached hydrogens (tertiary/aromatic N) is 2. The third kappa shape index (κ3) is 2.35. The van der Waals surface area contributed by atoms with Crippen LogP contribution >= 0.6 is 0 Å². The predicted octanol–water partition coefficient (Wildman–Crippen LogP) is 3.23. The molecule has 3 rings (SSSR count). The molecule has 0 bridgehead atoms. The molecule has 5 nitrogen and oxygen atoms in total. The first-order chi connectivity index (χ1) is 9.67. The van der Waals surface area contributed by atoms with E-state index in [1.165, 1.54) is 6.42 Å². The van der Waals surface area contributed by atoms with Gasteiger partial charge in [-0.25, -0.2) is 0 Å². The fourth-order valence-electron chi connectivity index (χ4n) is 2.81. The number of ether oxygens (including phenoxy) is 1. The van der Waals surface area contributed by atoms with Crippen molar-refractivity contribution < 1.29 is 9.26 Å². The fraction of sp³-hybridized carbons (Fsp3) is 0.467. The highest BCUT2D eigenvalue weighted by Gasteiger charge is 2.27. The first-order valence-corrected chi connectivity index (χ1v) is 6.95. The van der Waals surface area contributed by atoms with Crippen LogP contribution in [-0.2, 0) is 0 Å². The summed E-state index contributed by atoms with van der Waals surface area (Å²) < 4.78 is 10.5. The second-order valence-electron chi connectivity index (χ2n) is 5.53. The zero-order valence-corrected chi connectivity index (χ0v) is 11.8. The average molecular weight is 273 g/mol. The van der Waals surface area contributed by atoms with Crippen LogP contribution < -0.4 is 10.5 Å². The molecule has 2 aromatic rings. The molecule has 2 atom stereocenters. The van der Waals surface area contributed by atoms with Crippen LogP contribution in [0.3, 0.4) is 0 Å². The van der Waals surface area contributed by atoms with Crippen LogP contribution in [0, 0.1) is 5.92 Å². The van der Waals surface area contributed by atoms with Gasteiger partial charge in [-0.15, -0.1) is 0 Å². The van der Waals surface area contributed by atoms with Crippen molar-refractivity contribution in [2.75, 3.05) is 12.8 Å². The van der Waals surface area contributed by atoms with Gasteiger partial charge in [-0.05, 0) is 37.3 Å². The van der Waals surface area contributed by atoms with Crippen molar-refractivity contribution in [3.8, 4) is 17.2 Å². The summed E-state index contributed by atoms with van der Waals surface area (Å²) in [5.41, 5.74) is 7.35. The summed E-state index contributed by atoms with van der Waals surface area (Å²) in [4.78, 5) is 4.51. The summed E-state index contributed by atoms with van der Waals surface area (Å²) in [6.07, 6.45) is 3.51. The van der Waals surface area contributed by atoms with Crippen LogP contribution in [0.4, 0.5) is 5.69 Å². The van der Waals surface area contributed by atoms with Gasteiger partial charge in [0.1, 0.15) is 5.75 Å². The maximum atomic E-state index is 6.01. The number of methoxy groups -OCH3 is 1. The molecule has 0 amide bonds. The zero-order chi connectivity index (χ0) is 14.1. The summed E-state index contributed by atoms with van der Waals surface area (Å²) in [6.45, 7) is 2.27. The molecular weight excluding hydrogens is 254 g/mol. The smallest absolute Gasteiger partial charge is 0.260 e. The van der Waals surface area contributed by atoms with Crippen LogP contribution in [0.2, 0.25) is 0 Å². The minimum absolute atomic E-state index is 0.418. The van der Waals surface area contributed by atoms with Gasteiger partial charge < -0.3 is 15.0 Å². The van der Waals surface area contributed by atoms with Crippen molar-refractivity contribution in [1.82, 2.24) is 10.1 Å². The minimum Gasteiger partial charge on any atom is -0.497 e. The van der Waals surface area contributed by atoms with Gasteiger partial charge in [0, 0.05) is 17.7 Å². The van der Waals surface area contributed by atoms with Crippen molar-refractivity contribution in [3.05, 3.63) is 24.0 Å². The number of anilines is 1. The standard InChI is InChI=1S/C15H19N3O2/c1-9-3-4-10(7-9)14-17-15(20-18-14)12-6-5-11(19-2)8-13(12)16/h5-6,8-10H,3-4,7,16H2,1-2H3. The van der Waals surface area contributed by atoms with E-state index >= 15 is 0 Å².